The first kappa shape index (κ1) is 24.8. The second-order valence-electron chi connectivity index (χ2n) is 6.00. The third kappa shape index (κ3) is 7.61. The summed E-state index contributed by atoms with van der Waals surface area (Å²) in [6.45, 7) is 10.1. The number of amides is 1. The third-order valence-electron chi connectivity index (χ3n) is 4.07. The van der Waals surface area contributed by atoms with Crippen LogP contribution in [0.15, 0.2) is 29.2 Å². The molecule has 0 unspecified atom stereocenters. The van der Waals surface area contributed by atoms with Crippen LogP contribution in [0.2, 0.25) is 0 Å². The molecule has 1 rings (SSSR count). The molecule has 2 N–H and O–H groups in total. The van der Waals surface area contributed by atoms with E-state index >= 15 is 0 Å². The smallest absolute Gasteiger partial charge is 0.243 e. The third-order valence-corrected chi connectivity index (χ3v) is 6.13. The van der Waals surface area contributed by atoms with Crippen molar-refractivity contribution in [3.05, 3.63) is 29.8 Å². The van der Waals surface area contributed by atoms with Crippen LogP contribution < -0.4 is 10.6 Å². The van der Waals surface area contributed by atoms with Crippen LogP contribution in [-0.2, 0) is 21.2 Å². The van der Waals surface area contributed by atoms with Crippen LogP contribution in [0.25, 0.3) is 0 Å². The van der Waals surface area contributed by atoms with E-state index in [1.54, 1.807) is 24.3 Å². The van der Waals surface area contributed by atoms with E-state index in [1.807, 2.05) is 27.7 Å². The summed E-state index contributed by atoms with van der Waals surface area (Å²) in [7, 11) is -3.43. The molecular formula is C18H32ClN3O3S. The van der Waals surface area contributed by atoms with Crippen molar-refractivity contribution in [2.75, 3.05) is 26.2 Å². The predicted octanol–water partition coefficient (Wildman–Crippen LogP) is 2.19. The molecule has 0 aliphatic carbocycles. The molecule has 1 atom stereocenters. The van der Waals surface area contributed by atoms with Crippen molar-refractivity contribution in [2.45, 2.75) is 51.5 Å². The highest BCUT2D eigenvalue weighted by atomic mass is 35.5. The molecule has 0 aliphatic rings. The molecule has 1 amide bonds. The van der Waals surface area contributed by atoms with E-state index in [1.165, 1.54) is 4.31 Å². The first-order valence-corrected chi connectivity index (χ1v) is 10.4. The second kappa shape index (κ2) is 12.3. The lowest BCUT2D eigenvalue weighted by Gasteiger charge is -2.18. The van der Waals surface area contributed by atoms with Gasteiger partial charge in [-0.3, -0.25) is 4.79 Å². The zero-order valence-corrected chi connectivity index (χ0v) is 17.8. The first-order valence-electron chi connectivity index (χ1n) is 8.94. The number of benzene rings is 1. The Hall–Kier alpha value is -1.15. The average molecular weight is 406 g/mol. The monoisotopic (exact) mass is 405 g/mol. The van der Waals surface area contributed by atoms with Crippen LogP contribution >= 0.6 is 12.4 Å². The van der Waals surface area contributed by atoms with Gasteiger partial charge in [0, 0.05) is 32.1 Å². The molecule has 0 saturated carbocycles. The lowest BCUT2D eigenvalue weighted by molar-refractivity contribution is -0.121. The summed E-state index contributed by atoms with van der Waals surface area (Å²) >= 11 is 0. The summed E-state index contributed by atoms with van der Waals surface area (Å²) in [6.07, 6.45) is 0.980. The SMILES string of the molecule is CCN[C@H](C)CNC(=O)CCc1ccc(S(=O)(=O)N(CC)CC)cc1.Cl. The number of aryl methyl sites for hydroxylation is 1. The molecule has 0 saturated heterocycles. The molecule has 0 radical (unpaired) electrons. The van der Waals surface area contributed by atoms with Crippen LogP contribution in [0.4, 0.5) is 0 Å². The Morgan fingerprint density at radius 1 is 1.12 bits per heavy atom. The molecule has 0 aliphatic heterocycles. The number of rotatable bonds is 11. The predicted molar refractivity (Wildman–Crippen MR) is 108 cm³/mol. The zero-order valence-electron chi connectivity index (χ0n) is 16.1. The summed E-state index contributed by atoms with van der Waals surface area (Å²) < 4.78 is 26.3. The van der Waals surface area contributed by atoms with Gasteiger partial charge in [-0.15, -0.1) is 12.4 Å². The van der Waals surface area contributed by atoms with E-state index < -0.39 is 10.0 Å². The molecule has 0 heterocycles. The van der Waals surface area contributed by atoms with Gasteiger partial charge >= 0.3 is 0 Å². The lowest BCUT2D eigenvalue weighted by atomic mass is 10.1. The van der Waals surface area contributed by atoms with Crippen molar-refractivity contribution in [2.24, 2.45) is 0 Å². The Balaban J connectivity index is 0.00000625. The normalized spacial score (nSPS) is 12.5. The minimum Gasteiger partial charge on any atom is -0.355 e. The van der Waals surface area contributed by atoms with Gasteiger partial charge in [-0.25, -0.2) is 8.42 Å². The summed E-state index contributed by atoms with van der Waals surface area (Å²) in [5.41, 5.74) is 0.952. The van der Waals surface area contributed by atoms with Crippen LogP contribution in [-0.4, -0.2) is 50.9 Å². The van der Waals surface area contributed by atoms with Gasteiger partial charge in [0.05, 0.1) is 4.90 Å². The van der Waals surface area contributed by atoms with E-state index in [4.69, 9.17) is 0 Å². The maximum atomic E-state index is 12.4. The van der Waals surface area contributed by atoms with Crippen molar-refractivity contribution in [1.82, 2.24) is 14.9 Å². The van der Waals surface area contributed by atoms with Gasteiger partial charge in [-0.2, -0.15) is 4.31 Å². The highest BCUT2D eigenvalue weighted by Gasteiger charge is 2.21. The van der Waals surface area contributed by atoms with Crippen LogP contribution in [0, 0.1) is 0 Å². The van der Waals surface area contributed by atoms with E-state index in [0.29, 0.717) is 37.4 Å². The molecule has 0 fully saturated rings. The van der Waals surface area contributed by atoms with Crippen molar-refractivity contribution in [1.29, 1.82) is 0 Å². The highest BCUT2D eigenvalue weighted by Crippen LogP contribution is 2.16. The van der Waals surface area contributed by atoms with Gasteiger partial charge in [-0.05, 0) is 37.6 Å². The van der Waals surface area contributed by atoms with E-state index in [0.717, 1.165) is 12.1 Å². The summed E-state index contributed by atoms with van der Waals surface area (Å²) in [5, 5.41) is 6.14. The van der Waals surface area contributed by atoms with Crippen LogP contribution in [0.3, 0.4) is 0 Å². The fourth-order valence-electron chi connectivity index (χ4n) is 2.57. The van der Waals surface area contributed by atoms with Crippen molar-refractivity contribution in [3.63, 3.8) is 0 Å². The molecule has 0 aromatic heterocycles. The fourth-order valence-corrected chi connectivity index (χ4v) is 4.03. The molecular weight excluding hydrogens is 374 g/mol. The molecule has 150 valence electrons. The zero-order chi connectivity index (χ0) is 18.9. The molecule has 0 bridgehead atoms. The maximum absolute atomic E-state index is 12.4. The van der Waals surface area contributed by atoms with Gasteiger partial charge in [0.1, 0.15) is 0 Å². The van der Waals surface area contributed by atoms with E-state index in [2.05, 4.69) is 10.6 Å². The quantitative estimate of drug-likeness (QED) is 0.591. The number of sulfonamides is 1. The number of hydrogen-bond acceptors (Lipinski definition) is 4. The first-order chi connectivity index (χ1) is 11.8. The van der Waals surface area contributed by atoms with Gasteiger partial charge in [0.15, 0.2) is 0 Å². The topological polar surface area (TPSA) is 78.5 Å². The highest BCUT2D eigenvalue weighted by molar-refractivity contribution is 7.89. The number of nitrogens with one attached hydrogen (secondary N) is 2. The van der Waals surface area contributed by atoms with Gasteiger partial charge in [0.2, 0.25) is 15.9 Å². The van der Waals surface area contributed by atoms with E-state index in [9.17, 15) is 13.2 Å². The standard InChI is InChI=1S/C18H31N3O3S.ClH/c1-5-19-15(4)14-20-18(22)13-10-16-8-11-17(12-9-16)25(23,24)21(6-2)7-3;/h8-9,11-12,15,19H,5-7,10,13-14H2,1-4H3,(H,20,22);1H/t15-;/m1./s1. The molecule has 1 aromatic carbocycles. The van der Waals surface area contributed by atoms with Crippen LogP contribution in [0.5, 0.6) is 0 Å². The lowest BCUT2D eigenvalue weighted by Crippen LogP contribution is -2.38. The Morgan fingerprint density at radius 3 is 2.19 bits per heavy atom. The minimum absolute atomic E-state index is 0. The molecule has 0 spiro atoms. The summed E-state index contributed by atoms with van der Waals surface area (Å²) in [6, 6.07) is 7.05. The molecule has 1 aromatic rings. The Kier molecular flexibility index (Phi) is 11.7. The largest absolute Gasteiger partial charge is 0.355 e. The van der Waals surface area contributed by atoms with Crippen LogP contribution in [0.1, 0.15) is 39.7 Å². The fraction of sp³-hybridized carbons (Fsp3) is 0.611. The molecule has 26 heavy (non-hydrogen) atoms. The average Bonchev–Trinajstić information content (AvgIpc) is 2.59. The Morgan fingerprint density at radius 2 is 1.69 bits per heavy atom. The summed E-state index contributed by atoms with van der Waals surface area (Å²) in [4.78, 5) is 12.2. The van der Waals surface area contributed by atoms with E-state index in [-0.39, 0.29) is 24.4 Å². The number of hydrogen-bond donors (Lipinski definition) is 2. The Labute approximate surface area is 164 Å². The van der Waals surface area contributed by atoms with Gasteiger partial charge in [-0.1, -0.05) is 32.9 Å². The number of likely N-dealkylation sites (N-methyl/N-ethyl adjacent to an activating group) is 1. The maximum Gasteiger partial charge on any atom is 0.243 e. The Bertz CT molecular complexity index is 632. The van der Waals surface area contributed by atoms with Crippen molar-refractivity contribution >= 4 is 28.3 Å². The minimum atomic E-state index is -3.43. The van der Waals surface area contributed by atoms with Gasteiger partial charge in [0.25, 0.3) is 0 Å². The number of nitrogens with zero attached hydrogens (tertiary/aromatic N) is 1. The number of carbonyl (C=O) groups excluding carboxylic acids is 1. The number of halogens is 1. The second-order valence-corrected chi connectivity index (χ2v) is 7.93. The summed E-state index contributed by atoms with van der Waals surface area (Å²) in [5.74, 6) is 0.00425. The van der Waals surface area contributed by atoms with Gasteiger partial charge < -0.3 is 10.6 Å². The molecule has 6 nitrogen and oxygen atoms in total. The van der Waals surface area contributed by atoms with Crippen molar-refractivity contribution in [3.8, 4) is 0 Å². The van der Waals surface area contributed by atoms with Crippen molar-refractivity contribution < 1.29 is 13.2 Å². The number of carbonyl (C=O) groups is 1. The molecule has 8 heteroatoms.